The van der Waals surface area contributed by atoms with E-state index in [1.807, 2.05) is 55.5 Å². The Balaban J connectivity index is 1.67. The van der Waals surface area contributed by atoms with Crippen LogP contribution in [0.15, 0.2) is 60.7 Å². The van der Waals surface area contributed by atoms with Crippen molar-refractivity contribution in [2.45, 2.75) is 13.5 Å². The monoisotopic (exact) mass is 330 g/mol. The Hall–Kier alpha value is -3.14. The highest BCUT2D eigenvalue weighted by molar-refractivity contribution is 5.86. The molecular weight excluding hydrogens is 312 g/mol. The van der Waals surface area contributed by atoms with Crippen molar-refractivity contribution in [3.63, 3.8) is 0 Å². The summed E-state index contributed by atoms with van der Waals surface area (Å²) in [4.78, 5) is 9.22. The topological polar surface area (TPSA) is 44.2 Å². The van der Waals surface area contributed by atoms with Crippen LogP contribution in [0.2, 0.25) is 0 Å². The summed E-state index contributed by atoms with van der Waals surface area (Å²) in [5, 5.41) is 2.06. The van der Waals surface area contributed by atoms with Crippen molar-refractivity contribution in [1.29, 1.82) is 0 Å². The number of rotatable bonds is 4. The quantitative estimate of drug-likeness (QED) is 0.545. The van der Waals surface area contributed by atoms with Gasteiger partial charge in [-0.3, -0.25) is 4.98 Å². The molecule has 0 atom stereocenters. The molecule has 0 saturated heterocycles. The van der Waals surface area contributed by atoms with Gasteiger partial charge in [0.25, 0.3) is 0 Å². The number of nitrogens with zero attached hydrogens (tertiary/aromatic N) is 2. The number of aryl methyl sites for hydroxylation is 1. The van der Waals surface area contributed by atoms with Crippen LogP contribution in [0.3, 0.4) is 0 Å². The second-order valence-corrected chi connectivity index (χ2v) is 5.93. The molecule has 0 saturated carbocycles. The van der Waals surface area contributed by atoms with E-state index in [0.717, 1.165) is 44.7 Å². The molecule has 4 rings (SSSR count). The largest absolute Gasteiger partial charge is 0.497 e. The lowest BCUT2D eigenvalue weighted by molar-refractivity contribution is 0.305. The van der Waals surface area contributed by atoms with E-state index in [-0.39, 0.29) is 0 Å². The molecule has 0 spiro atoms. The van der Waals surface area contributed by atoms with Gasteiger partial charge in [0.2, 0.25) is 0 Å². The minimum absolute atomic E-state index is 0.403. The Bertz CT molecular complexity index is 1060. The number of ether oxygens (including phenoxy) is 2. The van der Waals surface area contributed by atoms with Crippen LogP contribution in [0.5, 0.6) is 11.5 Å². The zero-order chi connectivity index (χ0) is 17.2. The molecule has 0 amide bonds. The zero-order valence-electron chi connectivity index (χ0n) is 14.2. The van der Waals surface area contributed by atoms with Crippen molar-refractivity contribution in [2.24, 2.45) is 0 Å². The fraction of sp³-hybridized carbons (Fsp3) is 0.143. The summed E-state index contributed by atoms with van der Waals surface area (Å²) >= 11 is 0. The van der Waals surface area contributed by atoms with Crippen molar-refractivity contribution >= 4 is 21.8 Å². The third-order valence-electron chi connectivity index (χ3n) is 4.14. The van der Waals surface area contributed by atoms with Crippen molar-refractivity contribution in [2.75, 3.05) is 7.11 Å². The van der Waals surface area contributed by atoms with E-state index in [2.05, 4.69) is 22.1 Å². The van der Waals surface area contributed by atoms with E-state index >= 15 is 0 Å². The van der Waals surface area contributed by atoms with Gasteiger partial charge < -0.3 is 9.47 Å². The van der Waals surface area contributed by atoms with Gasteiger partial charge in [-0.1, -0.05) is 24.3 Å². The first-order chi connectivity index (χ1) is 12.2. The summed E-state index contributed by atoms with van der Waals surface area (Å²) in [5.74, 6) is 1.57. The molecule has 124 valence electrons. The van der Waals surface area contributed by atoms with E-state index in [9.17, 15) is 0 Å². The normalized spacial score (nSPS) is 11.0. The SMILES string of the molecule is COc1ccc2nc(C)cc(OCc3ccc4ccccc4n3)c2c1. The Kier molecular flexibility index (Phi) is 3.94. The Morgan fingerprint density at radius 3 is 2.64 bits per heavy atom. The van der Waals surface area contributed by atoms with Gasteiger partial charge in [0.05, 0.1) is 23.8 Å². The summed E-state index contributed by atoms with van der Waals surface area (Å²) in [6.07, 6.45) is 0. The Morgan fingerprint density at radius 1 is 0.880 bits per heavy atom. The summed E-state index contributed by atoms with van der Waals surface area (Å²) in [5.41, 5.74) is 3.67. The summed E-state index contributed by atoms with van der Waals surface area (Å²) in [7, 11) is 1.66. The lowest BCUT2D eigenvalue weighted by atomic mass is 10.1. The molecule has 2 aromatic carbocycles. The van der Waals surface area contributed by atoms with E-state index in [1.165, 1.54) is 0 Å². The van der Waals surface area contributed by atoms with Crippen molar-refractivity contribution in [1.82, 2.24) is 9.97 Å². The molecule has 0 N–H and O–H groups in total. The molecule has 0 aliphatic carbocycles. The maximum absolute atomic E-state index is 6.08. The van der Waals surface area contributed by atoms with Gasteiger partial charge in [0, 0.05) is 22.5 Å². The predicted molar refractivity (Wildman–Crippen MR) is 99.1 cm³/mol. The van der Waals surface area contributed by atoms with Crippen molar-refractivity contribution in [3.8, 4) is 11.5 Å². The highest BCUT2D eigenvalue weighted by Crippen LogP contribution is 2.29. The number of methoxy groups -OCH3 is 1. The highest BCUT2D eigenvalue weighted by atomic mass is 16.5. The molecule has 4 nitrogen and oxygen atoms in total. The van der Waals surface area contributed by atoms with Crippen LogP contribution in [0.4, 0.5) is 0 Å². The van der Waals surface area contributed by atoms with Gasteiger partial charge in [-0.05, 0) is 37.3 Å². The van der Waals surface area contributed by atoms with Crippen LogP contribution >= 0.6 is 0 Å². The van der Waals surface area contributed by atoms with Crippen LogP contribution in [-0.2, 0) is 6.61 Å². The number of hydrogen-bond donors (Lipinski definition) is 0. The molecule has 2 heterocycles. The second-order valence-electron chi connectivity index (χ2n) is 5.93. The maximum Gasteiger partial charge on any atom is 0.131 e. The van der Waals surface area contributed by atoms with Gasteiger partial charge in [-0.25, -0.2) is 4.98 Å². The first-order valence-corrected chi connectivity index (χ1v) is 8.16. The summed E-state index contributed by atoms with van der Waals surface area (Å²) < 4.78 is 11.4. The number of para-hydroxylation sites is 1. The highest BCUT2D eigenvalue weighted by Gasteiger charge is 2.08. The Labute approximate surface area is 146 Å². The minimum atomic E-state index is 0.403. The summed E-state index contributed by atoms with van der Waals surface area (Å²) in [6, 6.07) is 19.9. The molecule has 0 aliphatic heterocycles. The smallest absolute Gasteiger partial charge is 0.131 e. The van der Waals surface area contributed by atoms with Crippen LogP contribution in [0, 0.1) is 6.92 Å². The molecule has 0 radical (unpaired) electrons. The average molecular weight is 330 g/mol. The predicted octanol–water partition coefficient (Wildman–Crippen LogP) is 4.68. The molecule has 0 fully saturated rings. The lowest BCUT2D eigenvalue weighted by Crippen LogP contribution is -2.00. The van der Waals surface area contributed by atoms with E-state index < -0.39 is 0 Å². The second kappa shape index (κ2) is 6.40. The van der Waals surface area contributed by atoms with Gasteiger partial charge >= 0.3 is 0 Å². The number of benzene rings is 2. The lowest BCUT2D eigenvalue weighted by Gasteiger charge is -2.11. The standard InChI is InChI=1S/C21H18N2O2/c1-14-11-21(18-12-17(24-2)9-10-20(18)22-14)25-13-16-8-7-15-5-3-4-6-19(15)23-16/h3-12H,13H2,1-2H3. The third kappa shape index (κ3) is 3.11. The van der Waals surface area contributed by atoms with Crippen LogP contribution in [0.25, 0.3) is 21.8 Å². The fourth-order valence-electron chi connectivity index (χ4n) is 2.89. The molecule has 0 aliphatic rings. The zero-order valence-corrected chi connectivity index (χ0v) is 14.2. The van der Waals surface area contributed by atoms with E-state index in [4.69, 9.17) is 9.47 Å². The van der Waals surface area contributed by atoms with Crippen LogP contribution in [-0.4, -0.2) is 17.1 Å². The molecule has 4 heteroatoms. The molecule has 4 aromatic rings. The number of fused-ring (bicyclic) bond motifs is 2. The van der Waals surface area contributed by atoms with Crippen molar-refractivity contribution in [3.05, 3.63) is 72.1 Å². The molecular formula is C21H18N2O2. The first-order valence-electron chi connectivity index (χ1n) is 8.16. The van der Waals surface area contributed by atoms with Crippen LogP contribution < -0.4 is 9.47 Å². The van der Waals surface area contributed by atoms with E-state index in [0.29, 0.717) is 6.61 Å². The number of hydrogen-bond acceptors (Lipinski definition) is 4. The summed E-state index contributed by atoms with van der Waals surface area (Å²) in [6.45, 7) is 2.37. The van der Waals surface area contributed by atoms with Gasteiger partial charge in [0.1, 0.15) is 18.1 Å². The fourth-order valence-corrected chi connectivity index (χ4v) is 2.89. The third-order valence-corrected chi connectivity index (χ3v) is 4.14. The first kappa shape index (κ1) is 15.4. The van der Waals surface area contributed by atoms with Gasteiger partial charge in [-0.2, -0.15) is 0 Å². The Morgan fingerprint density at radius 2 is 1.76 bits per heavy atom. The van der Waals surface area contributed by atoms with E-state index in [1.54, 1.807) is 7.11 Å². The minimum Gasteiger partial charge on any atom is -0.497 e. The maximum atomic E-state index is 6.08. The molecule has 25 heavy (non-hydrogen) atoms. The van der Waals surface area contributed by atoms with Gasteiger partial charge in [-0.15, -0.1) is 0 Å². The molecule has 0 bridgehead atoms. The molecule has 0 unspecified atom stereocenters. The number of aromatic nitrogens is 2. The average Bonchev–Trinajstić information content (AvgIpc) is 2.65. The van der Waals surface area contributed by atoms with Gasteiger partial charge in [0.15, 0.2) is 0 Å². The van der Waals surface area contributed by atoms with Crippen LogP contribution in [0.1, 0.15) is 11.4 Å². The number of pyridine rings is 2. The molecule has 2 aromatic heterocycles. The van der Waals surface area contributed by atoms with Crippen molar-refractivity contribution < 1.29 is 9.47 Å².